The number of hydrogen-bond donors (Lipinski definition) is 2. The van der Waals surface area contributed by atoms with Crippen LogP contribution in [0.15, 0.2) is 4.99 Å². The van der Waals surface area contributed by atoms with Crippen LogP contribution in [0.25, 0.3) is 0 Å². The van der Waals surface area contributed by atoms with Crippen LogP contribution < -0.4 is 10.6 Å². The summed E-state index contributed by atoms with van der Waals surface area (Å²) >= 11 is 0. The molecule has 0 saturated heterocycles. The van der Waals surface area contributed by atoms with E-state index in [0.717, 1.165) is 38.3 Å². The van der Waals surface area contributed by atoms with Gasteiger partial charge in [-0.2, -0.15) is 0 Å². The number of hydrogen-bond acceptors (Lipinski definition) is 3. The van der Waals surface area contributed by atoms with Gasteiger partial charge in [0.15, 0.2) is 5.96 Å². The molecule has 0 radical (unpaired) electrons. The molecule has 0 atom stereocenters. The van der Waals surface area contributed by atoms with E-state index >= 15 is 0 Å². The van der Waals surface area contributed by atoms with Gasteiger partial charge in [-0.3, -0.25) is 9.79 Å². The molecule has 0 unspecified atom stereocenters. The van der Waals surface area contributed by atoms with E-state index in [-0.39, 0.29) is 29.9 Å². The number of rotatable bonds is 8. The molecule has 5 nitrogen and oxygen atoms in total. The normalized spacial score (nSPS) is 10.9. The number of nitrogens with one attached hydrogen (secondary N) is 2. The summed E-state index contributed by atoms with van der Waals surface area (Å²) < 4.78 is 4.58. The van der Waals surface area contributed by atoms with Gasteiger partial charge >= 0.3 is 5.97 Å². The molecule has 0 heterocycles. The lowest BCUT2D eigenvalue weighted by molar-refractivity contribution is -0.140. The number of methoxy groups -OCH3 is 1. The fourth-order valence-electron chi connectivity index (χ4n) is 1.40. The van der Waals surface area contributed by atoms with E-state index in [1.54, 1.807) is 7.05 Å². The summed E-state index contributed by atoms with van der Waals surface area (Å²) in [6.07, 6.45) is 3.38. The average Bonchev–Trinajstić information content (AvgIpc) is 2.35. The summed E-state index contributed by atoms with van der Waals surface area (Å²) in [5.41, 5.74) is 0. The van der Waals surface area contributed by atoms with E-state index < -0.39 is 0 Å². The van der Waals surface area contributed by atoms with Gasteiger partial charge in [0.25, 0.3) is 0 Å². The van der Waals surface area contributed by atoms with Crippen molar-refractivity contribution in [1.29, 1.82) is 0 Å². The van der Waals surface area contributed by atoms with Crippen molar-refractivity contribution in [2.24, 2.45) is 10.9 Å². The first-order valence-electron chi connectivity index (χ1n) is 6.61. The molecule has 0 fully saturated rings. The van der Waals surface area contributed by atoms with Crippen LogP contribution in [0.1, 0.15) is 39.5 Å². The molecule has 0 aromatic carbocycles. The van der Waals surface area contributed by atoms with Crippen molar-refractivity contribution < 1.29 is 9.53 Å². The second-order valence-electron chi connectivity index (χ2n) is 4.64. The van der Waals surface area contributed by atoms with Crippen LogP contribution in [0.2, 0.25) is 0 Å². The van der Waals surface area contributed by atoms with E-state index in [9.17, 15) is 4.79 Å². The van der Waals surface area contributed by atoms with Gasteiger partial charge in [-0.25, -0.2) is 0 Å². The van der Waals surface area contributed by atoms with Gasteiger partial charge < -0.3 is 15.4 Å². The van der Waals surface area contributed by atoms with Crippen molar-refractivity contribution in [3.63, 3.8) is 0 Å². The molecule has 0 amide bonds. The predicted octanol–water partition coefficient (Wildman–Crippen LogP) is 2.16. The second-order valence-corrected chi connectivity index (χ2v) is 4.64. The molecule has 2 N–H and O–H groups in total. The number of carbonyl (C=O) groups is 1. The van der Waals surface area contributed by atoms with Crippen LogP contribution in [0.3, 0.4) is 0 Å². The van der Waals surface area contributed by atoms with Crippen molar-refractivity contribution in [3.8, 4) is 0 Å². The first kappa shape index (κ1) is 20.8. The summed E-state index contributed by atoms with van der Waals surface area (Å²) in [4.78, 5) is 15.0. The summed E-state index contributed by atoms with van der Waals surface area (Å²) in [6.45, 7) is 6.15. The SMILES string of the molecule is CN=C(NCCCCC(=O)OC)NCCC(C)C.I. The Morgan fingerprint density at radius 3 is 2.37 bits per heavy atom. The molecule has 0 spiro atoms. The molecular weight excluding hydrogens is 357 g/mol. The minimum absolute atomic E-state index is 0. The number of unbranched alkanes of at least 4 members (excludes halogenated alkanes) is 1. The topological polar surface area (TPSA) is 62.7 Å². The van der Waals surface area contributed by atoms with Crippen molar-refractivity contribution in [1.82, 2.24) is 10.6 Å². The smallest absolute Gasteiger partial charge is 0.305 e. The lowest BCUT2D eigenvalue weighted by atomic mass is 10.1. The molecule has 0 aromatic rings. The van der Waals surface area contributed by atoms with Gasteiger partial charge in [0.2, 0.25) is 0 Å². The van der Waals surface area contributed by atoms with Crippen LogP contribution in [0, 0.1) is 5.92 Å². The van der Waals surface area contributed by atoms with Crippen LogP contribution in [0.4, 0.5) is 0 Å². The molecule has 6 heteroatoms. The highest BCUT2D eigenvalue weighted by Gasteiger charge is 2.00. The van der Waals surface area contributed by atoms with Crippen LogP contribution in [-0.2, 0) is 9.53 Å². The van der Waals surface area contributed by atoms with E-state index in [1.165, 1.54) is 7.11 Å². The van der Waals surface area contributed by atoms with E-state index in [1.807, 2.05) is 0 Å². The number of carbonyl (C=O) groups excluding carboxylic acids is 1. The summed E-state index contributed by atoms with van der Waals surface area (Å²) in [6, 6.07) is 0. The van der Waals surface area contributed by atoms with Gasteiger partial charge in [-0.05, 0) is 25.2 Å². The van der Waals surface area contributed by atoms with Crippen molar-refractivity contribution in [3.05, 3.63) is 0 Å². The average molecular weight is 385 g/mol. The molecule has 0 saturated carbocycles. The molecular formula is C13H28IN3O2. The second kappa shape index (κ2) is 13.9. The van der Waals surface area contributed by atoms with Crippen LogP contribution >= 0.6 is 24.0 Å². The Hall–Kier alpha value is -0.530. The monoisotopic (exact) mass is 385 g/mol. The van der Waals surface area contributed by atoms with Gasteiger partial charge in [-0.15, -0.1) is 24.0 Å². The number of guanidine groups is 1. The maximum atomic E-state index is 10.9. The van der Waals surface area contributed by atoms with Gasteiger partial charge in [0.1, 0.15) is 0 Å². The standard InChI is InChI=1S/C13H27N3O2.HI/c1-11(2)8-10-16-13(14-3)15-9-6-5-7-12(17)18-4;/h11H,5-10H2,1-4H3,(H2,14,15,16);1H. The molecule has 114 valence electrons. The van der Waals surface area contributed by atoms with E-state index in [2.05, 4.69) is 34.2 Å². The number of halogens is 1. The lowest BCUT2D eigenvalue weighted by Crippen LogP contribution is -2.38. The molecule has 0 rings (SSSR count). The molecule has 0 aliphatic heterocycles. The highest BCUT2D eigenvalue weighted by Crippen LogP contribution is 1.97. The number of ether oxygens (including phenoxy) is 1. The lowest BCUT2D eigenvalue weighted by Gasteiger charge is -2.12. The quantitative estimate of drug-likeness (QED) is 0.221. The molecule has 19 heavy (non-hydrogen) atoms. The van der Waals surface area contributed by atoms with E-state index in [0.29, 0.717) is 12.3 Å². The van der Waals surface area contributed by atoms with Crippen molar-refractivity contribution >= 4 is 35.9 Å². The summed E-state index contributed by atoms with van der Waals surface area (Å²) in [5, 5.41) is 6.48. The Bertz CT molecular complexity index is 258. The van der Waals surface area contributed by atoms with Gasteiger partial charge in [0.05, 0.1) is 7.11 Å². The Balaban J connectivity index is 0. The van der Waals surface area contributed by atoms with E-state index in [4.69, 9.17) is 0 Å². The first-order chi connectivity index (χ1) is 8.60. The van der Waals surface area contributed by atoms with Gasteiger partial charge in [0, 0.05) is 26.6 Å². The maximum absolute atomic E-state index is 10.9. The van der Waals surface area contributed by atoms with Crippen molar-refractivity contribution in [2.75, 3.05) is 27.2 Å². The minimum atomic E-state index is -0.144. The first-order valence-corrected chi connectivity index (χ1v) is 6.61. The van der Waals surface area contributed by atoms with Crippen molar-refractivity contribution in [2.45, 2.75) is 39.5 Å². The fourth-order valence-corrected chi connectivity index (χ4v) is 1.40. The molecule has 0 aliphatic rings. The zero-order valence-electron chi connectivity index (χ0n) is 12.5. The summed E-state index contributed by atoms with van der Waals surface area (Å²) in [5.74, 6) is 1.37. The molecule has 0 bridgehead atoms. The Morgan fingerprint density at radius 1 is 1.21 bits per heavy atom. The third kappa shape index (κ3) is 13.7. The van der Waals surface area contributed by atoms with Crippen LogP contribution in [-0.4, -0.2) is 39.2 Å². The predicted molar refractivity (Wildman–Crippen MR) is 90.1 cm³/mol. The number of esters is 1. The third-order valence-electron chi connectivity index (χ3n) is 2.57. The minimum Gasteiger partial charge on any atom is -0.469 e. The zero-order chi connectivity index (χ0) is 13.8. The molecule has 0 aliphatic carbocycles. The van der Waals surface area contributed by atoms with Crippen LogP contribution in [0.5, 0.6) is 0 Å². The van der Waals surface area contributed by atoms with Gasteiger partial charge in [-0.1, -0.05) is 13.8 Å². The zero-order valence-corrected chi connectivity index (χ0v) is 14.8. The maximum Gasteiger partial charge on any atom is 0.305 e. The highest BCUT2D eigenvalue weighted by atomic mass is 127. The largest absolute Gasteiger partial charge is 0.469 e. The Morgan fingerprint density at radius 2 is 1.84 bits per heavy atom. The Labute approximate surface area is 134 Å². The number of nitrogens with zero attached hydrogens (tertiary/aromatic N) is 1. The number of aliphatic imine (C=N–C) groups is 1. The fraction of sp³-hybridized carbons (Fsp3) is 0.846. The Kier molecular flexibility index (Phi) is 15.2. The third-order valence-corrected chi connectivity index (χ3v) is 2.57. The summed E-state index contributed by atoms with van der Waals surface area (Å²) in [7, 11) is 3.18. The molecule has 0 aromatic heterocycles. The highest BCUT2D eigenvalue weighted by molar-refractivity contribution is 14.0.